The van der Waals surface area contributed by atoms with Crippen molar-refractivity contribution in [3.8, 4) is 68.8 Å². The number of nitrogens with zero attached hydrogens (tertiary/aromatic N) is 4. The summed E-state index contributed by atoms with van der Waals surface area (Å²) in [6.07, 6.45) is 0. The average molecular weight is 545 g/mol. The van der Waals surface area contributed by atoms with E-state index in [1.807, 2.05) is 67.6 Å². The van der Waals surface area contributed by atoms with Crippen LogP contribution < -0.4 is 0 Å². The lowest BCUT2D eigenvalue weighted by atomic mass is 9.93. The van der Waals surface area contributed by atoms with Crippen molar-refractivity contribution in [2.75, 3.05) is 0 Å². The summed E-state index contributed by atoms with van der Waals surface area (Å²) >= 11 is 0. The Kier molecular flexibility index (Phi) is 5.85. The van der Waals surface area contributed by atoms with Crippen LogP contribution in [-0.2, 0) is 0 Å². The van der Waals surface area contributed by atoms with Crippen molar-refractivity contribution in [3.63, 3.8) is 0 Å². The van der Waals surface area contributed by atoms with Crippen LogP contribution in [0.1, 0.15) is 27.8 Å². The Bertz CT molecular complexity index is 2220. The number of nitriles is 4. The van der Waals surface area contributed by atoms with E-state index in [-0.39, 0.29) is 11.1 Å². The fourth-order valence-corrected chi connectivity index (χ4v) is 6.31. The van der Waals surface area contributed by atoms with Crippen LogP contribution in [0.5, 0.6) is 0 Å². The Hall–Kier alpha value is -6.46. The molecule has 0 amide bonds. The second kappa shape index (κ2) is 9.87. The maximum Gasteiger partial charge on any atom is 0.138 e. The minimum Gasteiger partial charge on any atom is -0.192 e. The molecule has 0 saturated heterocycles. The fraction of sp³-hybridized carbons (Fsp3) is 0.0256. The van der Waals surface area contributed by atoms with Gasteiger partial charge in [-0.2, -0.15) is 21.0 Å². The van der Waals surface area contributed by atoms with Crippen molar-refractivity contribution in [1.29, 1.82) is 21.0 Å². The molecule has 0 fully saturated rings. The van der Waals surface area contributed by atoms with Crippen molar-refractivity contribution in [2.24, 2.45) is 0 Å². The van der Waals surface area contributed by atoms with Gasteiger partial charge in [0, 0.05) is 11.1 Å². The molecule has 7 rings (SSSR count). The number of fused-ring (bicyclic) bond motifs is 6. The number of hydrogen-bond donors (Lipinski definition) is 0. The van der Waals surface area contributed by atoms with Gasteiger partial charge in [0.15, 0.2) is 0 Å². The number of hydrogen-bond acceptors (Lipinski definition) is 4. The first-order chi connectivity index (χ1) is 21.1. The Morgan fingerprint density at radius 2 is 0.814 bits per heavy atom. The second-order valence-corrected chi connectivity index (χ2v) is 10.6. The molecule has 0 atom stereocenters. The van der Waals surface area contributed by atoms with Crippen LogP contribution >= 0.6 is 0 Å². The van der Waals surface area contributed by atoms with E-state index in [1.165, 1.54) is 0 Å². The lowest BCUT2D eigenvalue weighted by molar-refractivity contribution is 1.44. The number of rotatable bonds is 2. The zero-order chi connectivity index (χ0) is 29.7. The van der Waals surface area contributed by atoms with Gasteiger partial charge in [-0.15, -0.1) is 0 Å². The molecule has 5 aromatic carbocycles. The quantitative estimate of drug-likeness (QED) is 0.203. The number of aryl methyl sites for hydroxylation is 1. The summed E-state index contributed by atoms with van der Waals surface area (Å²) in [7, 11) is 0. The van der Waals surface area contributed by atoms with Gasteiger partial charge in [-0.25, -0.2) is 0 Å². The van der Waals surface area contributed by atoms with Crippen molar-refractivity contribution in [3.05, 3.63) is 142 Å². The smallest absolute Gasteiger partial charge is 0.138 e. The molecule has 2 aliphatic rings. The van der Waals surface area contributed by atoms with Gasteiger partial charge in [0.2, 0.25) is 0 Å². The van der Waals surface area contributed by atoms with E-state index in [9.17, 15) is 21.0 Å². The molecular weight excluding hydrogens is 524 g/mol. The predicted octanol–water partition coefficient (Wildman–Crippen LogP) is 8.99. The molecule has 0 unspecified atom stereocenters. The molecule has 0 heterocycles. The highest BCUT2D eigenvalue weighted by atomic mass is 14.4. The monoisotopic (exact) mass is 544 g/mol. The molecule has 5 aromatic rings. The predicted molar refractivity (Wildman–Crippen MR) is 167 cm³/mol. The molecule has 0 aromatic heterocycles. The van der Waals surface area contributed by atoms with E-state index in [2.05, 4.69) is 66.7 Å². The summed E-state index contributed by atoms with van der Waals surface area (Å²) in [4.78, 5) is 0. The normalized spacial score (nSPS) is 11.7. The van der Waals surface area contributed by atoms with Crippen molar-refractivity contribution >= 4 is 11.1 Å². The van der Waals surface area contributed by atoms with Gasteiger partial charge in [-0.05, 0) is 91.9 Å². The third kappa shape index (κ3) is 3.88. The molecule has 0 aliphatic heterocycles. The summed E-state index contributed by atoms with van der Waals surface area (Å²) in [5.74, 6) is 0. The van der Waals surface area contributed by atoms with Gasteiger partial charge in [-0.3, -0.25) is 0 Å². The van der Waals surface area contributed by atoms with Gasteiger partial charge in [0.1, 0.15) is 35.4 Å². The number of benzene rings is 5. The molecule has 0 bridgehead atoms. The number of allylic oxidation sites excluding steroid dienone is 2. The molecule has 196 valence electrons. The summed E-state index contributed by atoms with van der Waals surface area (Å²) in [5, 5.41) is 39.7. The Morgan fingerprint density at radius 1 is 0.395 bits per heavy atom. The topological polar surface area (TPSA) is 95.2 Å². The minimum atomic E-state index is 0.0455. The molecule has 2 aliphatic carbocycles. The van der Waals surface area contributed by atoms with E-state index in [0.717, 1.165) is 72.3 Å². The molecule has 0 spiro atoms. The maximum atomic E-state index is 10.0. The van der Waals surface area contributed by atoms with Crippen LogP contribution in [0, 0.1) is 52.2 Å². The highest BCUT2D eigenvalue weighted by molar-refractivity contribution is 6.11. The lowest BCUT2D eigenvalue weighted by Gasteiger charge is -2.09. The van der Waals surface area contributed by atoms with E-state index in [1.54, 1.807) is 0 Å². The van der Waals surface area contributed by atoms with Gasteiger partial charge in [0.25, 0.3) is 0 Å². The minimum absolute atomic E-state index is 0.0455. The molecule has 4 nitrogen and oxygen atoms in total. The third-order valence-electron chi connectivity index (χ3n) is 8.28. The SMILES string of the molecule is Cc1ccc2c(c1)C(=C(C#N)C#N)c1cc3c(cc1-2)C(=C(C#N)C#N)c1cc(-c2ccc(-c4ccccc4)cc2)ccc1-3. The van der Waals surface area contributed by atoms with Crippen molar-refractivity contribution in [2.45, 2.75) is 6.92 Å². The summed E-state index contributed by atoms with van der Waals surface area (Å²) < 4.78 is 0. The first-order valence-corrected chi connectivity index (χ1v) is 13.8. The first kappa shape index (κ1) is 25.5. The second-order valence-electron chi connectivity index (χ2n) is 10.6. The molecular formula is C39H20N4. The summed E-state index contributed by atoms with van der Waals surface area (Å²) in [6.45, 7) is 1.98. The molecule has 0 saturated carbocycles. The Labute approximate surface area is 249 Å². The lowest BCUT2D eigenvalue weighted by Crippen LogP contribution is -1.90. The van der Waals surface area contributed by atoms with Crippen LogP contribution in [0.25, 0.3) is 55.7 Å². The summed E-state index contributed by atoms with van der Waals surface area (Å²) in [6, 6.07) is 43.2. The van der Waals surface area contributed by atoms with Gasteiger partial charge in [0.05, 0.1) is 0 Å². The van der Waals surface area contributed by atoms with Crippen molar-refractivity contribution in [1.82, 2.24) is 0 Å². The maximum absolute atomic E-state index is 10.0. The van der Waals surface area contributed by atoms with E-state index in [0.29, 0.717) is 11.1 Å². The molecule has 4 heteroatoms. The largest absolute Gasteiger partial charge is 0.192 e. The average Bonchev–Trinajstić information content (AvgIpc) is 3.53. The van der Waals surface area contributed by atoms with Crippen molar-refractivity contribution < 1.29 is 0 Å². The fourth-order valence-electron chi connectivity index (χ4n) is 6.31. The van der Waals surface area contributed by atoms with Crippen LogP contribution in [0.2, 0.25) is 0 Å². The third-order valence-corrected chi connectivity index (χ3v) is 8.28. The van der Waals surface area contributed by atoms with Crippen LogP contribution in [0.15, 0.2) is 114 Å². The standard InChI is InChI=1S/C39H20N4/c1-23-7-13-30-32-17-37-33(18-36(32)38(34(30)15-23)28(19-40)20-41)31-14-12-27(16-35(31)39(37)29(21-42)22-43)26-10-8-25(9-11-26)24-5-3-2-4-6-24/h2-18H,1H3. The molecule has 43 heavy (non-hydrogen) atoms. The molecule has 0 N–H and O–H groups in total. The zero-order valence-electron chi connectivity index (χ0n) is 23.1. The van der Waals surface area contributed by atoms with Crippen LogP contribution in [-0.4, -0.2) is 0 Å². The van der Waals surface area contributed by atoms with Gasteiger partial charge < -0.3 is 0 Å². The summed E-state index contributed by atoms with van der Waals surface area (Å²) in [5.41, 5.74) is 13.5. The molecule has 0 radical (unpaired) electrons. The van der Waals surface area contributed by atoms with E-state index in [4.69, 9.17) is 0 Å². The first-order valence-electron chi connectivity index (χ1n) is 13.8. The van der Waals surface area contributed by atoms with Gasteiger partial charge in [-0.1, -0.05) is 90.5 Å². The van der Waals surface area contributed by atoms with E-state index < -0.39 is 0 Å². The Balaban J connectivity index is 1.43. The highest BCUT2D eigenvalue weighted by Crippen LogP contribution is 2.54. The zero-order valence-corrected chi connectivity index (χ0v) is 23.1. The van der Waals surface area contributed by atoms with Crippen LogP contribution in [0.3, 0.4) is 0 Å². The van der Waals surface area contributed by atoms with Gasteiger partial charge >= 0.3 is 0 Å². The van der Waals surface area contributed by atoms with Crippen LogP contribution in [0.4, 0.5) is 0 Å². The van der Waals surface area contributed by atoms with E-state index >= 15 is 0 Å². The highest BCUT2D eigenvalue weighted by Gasteiger charge is 2.33. The Morgan fingerprint density at radius 3 is 1.35 bits per heavy atom.